The number of hydrogen-bond acceptors (Lipinski definition) is 4. The summed E-state index contributed by atoms with van der Waals surface area (Å²) in [7, 11) is 1.46. The average molecular weight is 344 g/mol. The maximum Gasteiger partial charge on any atom is 0.315 e. The number of aldehydes is 1. The van der Waals surface area contributed by atoms with E-state index in [0.717, 1.165) is 24.7 Å². The summed E-state index contributed by atoms with van der Waals surface area (Å²) in [6.07, 6.45) is 6.62. The van der Waals surface area contributed by atoms with E-state index in [2.05, 4.69) is 13.8 Å². The number of allylic oxidation sites excluding steroid dienone is 3. The van der Waals surface area contributed by atoms with Gasteiger partial charge in [0.25, 0.3) is 0 Å². The molecule has 0 saturated heterocycles. The lowest BCUT2D eigenvalue weighted by Gasteiger charge is -2.48. The molecule has 3 aliphatic carbocycles. The highest BCUT2D eigenvalue weighted by molar-refractivity contribution is 5.94. The lowest BCUT2D eigenvalue weighted by atomic mass is 9.54. The van der Waals surface area contributed by atoms with Crippen LogP contribution in [0.25, 0.3) is 0 Å². The van der Waals surface area contributed by atoms with Crippen LogP contribution in [0.2, 0.25) is 0 Å². The zero-order chi connectivity index (χ0) is 18.4. The minimum atomic E-state index is -0.571. The second-order valence-corrected chi connectivity index (χ2v) is 8.37. The molecule has 0 spiro atoms. The third kappa shape index (κ3) is 2.52. The van der Waals surface area contributed by atoms with E-state index in [1.165, 1.54) is 12.7 Å². The predicted octanol–water partition coefficient (Wildman–Crippen LogP) is 3.80. The van der Waals surface area contributed by atoms with Crippen LogP contribution in [-0.4, -0.2) is 25.1 Å². The van der Waals surface area contributed by atoms with Crippen LogP contribution in [0.15, 0.2) is 22.8 Å². The summed E-state index contributed by atoms with van der Waals surface area (Å²) in [6, 6.07) is 0. The smallest absolute Gasteiger partial charge is 0.315 e. The molecule has 0 aliphatic heterocycles. The number of Topliss-reactive ketones (excluding diaryl/α,β-unsaturated/α-hetero) is 1. The molecule has 136 valence electrons. The van der Waals surface area contributed by atoms with Crippen molar-refractivity contribution < 1.29 is 19.1 Å². The fraction of sp³-hybridized carbons (Fsp3) is 0.667. The van der Waals surface area contributed by atoms with Gasteiger partial charge in [0, 0.05) is 11.8 Å². The predicted molar refractivity (Wildman–Crippen MR) is 94.8 cm³/mol. The Morgan fingerprint density at radius 1 is 1.32 bits per heavy atom. The van der Waals surface area contributed by atoms with Crippen LogP contribution in [0.4, 0.5) is 0 Å². The van der Waals surface area contributed by atoms with E-state index in [-0.39, 0.29) is 24.1 Å². The van der Waals surface area contributed by atoms with Crippen molar-refractivity contribution in [2.24, 2.45) is 22.7 Å². The van der Waals surface area contributed by atoms with Gasteiger partial charge in [-0.1, -0.05) is 32.4 Å². The molecule has 0 bridgehead atoms. The Bertz CT molecular complexity index is 684. The standard InChI is InChI=1S/C21H28O4/c1-13(2)15-7-8-21(19(24)25-4)10-9-20(3)16(18(15)21)6-5-14(12-22)11-17(20)23/h5,12-13,16H,6-11H2,1-4H3/t16-,20-,21+/m0/s1. The number of methoxy groups -OCH3 is 1. The van der Waals surface area contributed by atoms with Crippen molar-refractivity contribution in [3.63, 3.8) is 0 Å². The highest BCUT2D eigenvalue weighted by Gasteiger charge is 2.59. The van der Waals surface area contributed by atoms with E-state index in [0.29, 0.717) is 30.8 Å². The average Bonchev–Trinajstić information content (AvgIpc) is 2.94. The zero-order valence-electron chi connectivity index (χ0n) is 15.7. The summed E-state index contributed by atoms with van der Waals surface area (Å²) in [5, 5.41) is 0. The molecule has 3 atom stereocenters. The van der Waals surface area contributed by atoms with Gasteiger partial charge in [0.2, 0.25) is 0 Å². The van der Waals surface area contributed by atoms with Crippen LogP contribution < -0.4 is 0 Å². The first-order chi connectivity index (χ1) is 11.8. The quantitative estimate of drug-likeness (QED) is 0.444. The summed E-state index contributed by atoms with van der Waals surface area (Å²) in [4.78, 5) is 37.1. The summed E-state index contributed by atoms with van der Waals surface area (Å²) in [6.45, 7) is 6.35. The fourth-order valence-electron chi connectivity index (χ4n) is 5.35. The van der Waals surface area contributed by atoms with Gasteiger partial charge >= 0.3 is 5.97 Å². The molecule has 0 heterocycles. The minimum absolute atomic E-state index is 0.00907. The number of carbonyl (C=O) groups excluding carboxylic acids is 3. The number of ether oxygens (including phenoxy) is 1. The topological polar surface area (TPSA) is 60.4 Å². The van der Waals surface area contributed by atoms with Gasteiger partial charge in [-0.05, 0) is 55.1 Å². The van der Waals surface area contributed by atoms with Gasteiger partial charge in [0.1, 0.15) is 12.1 Å². The van der Waals surface area contributed by atoms with E-state index in [9.17, 15) is 14.4 Å². The molecule has 0 aromatic heterocycles. The van der Waals surface area contributed by atoms with Crippen LogP contribution >= 0.6 is 0 Å². The van der Waals surface area contributed by atoms with Gasteiger partial charge in [0.05, 0.1) is 12.5 Å². The Morgan fingerprint density at radius 2 is 2.04 bits per heavy atom. The Kier molecular flexibility index (Phi) is 4.50. The maximum atomic E-state index is 13.0. The van der Waals surface area contributed by atoms with Crippen molar-refractivity contribution in [2.45, 2.75) is 59.3 Å². The van der Waals surface area contributed by atoms with E-state index in [4.69, 9.17) is 4.74 Å². The van der Waals surface area contributed by atoms with Crippen LogP contribution in [0.1, 0.15) is 59.3 Å². The van der Waals surface area contributed by atoms with Crippen molar-refractivity contribution >= 4 is 18.0 Å². The van der Waals surface area contributed by atoms with Gasteiger partial charge in [-0.25, -0.2) is 0 Å². The number of ketones is 1. The van der Waals surface area contributed by atoms with Crippen LogP contribution in [0.3, 0.4) is 0 Å². The number of fused-ring (bicyclic) bond motifs is 3. The Hall–Kier alpha value is -1.71. The molecule has 0 aromatic rings. The number of esters is 1. The number of rotatable bonds is 3. The van der Waals surface area contributed by atoms with Crippen molar-refractivity contribution in [2.75, 3.05) is 7.11 Å². The largest absolute Gasteiger partial charge is 0.468 e. The first kappa shape index (κ1) is 18.1. The first-order valence-corrected chi connectivity index (χ1v) is 9.29. The molecule has 1 fully saturated rings. The maximum absolute atomic E-state index is 13.0. The van der Waals surface area contributed by atoms with Gasteiger partial charge in [-0.2, -0.15) is 0 Å². The zero-order valence-corrected chi connectivity index (χ0v) is 15.7. The van der Waals surface area contributed by atoms with Crippen molar-refractivity contribution in [1.29, 1.82) is 0 Å². The normalized spacial score (nSPS) is 35.0. The van der Waals surface area contributed by atoms with Crippen LogP contribution in [0.5, 0.6) is 0 Å². The van der Waals surface area contributed by atoms with Crippen LogP contribution in [-0.2, 0) is 19.1 Å². The molecule has 0 aromatic carbocycles. The van der Waals surface area contributed by atoms with Crippen molar-refractivity contribution in [3.8, 4) is 0 Å². The van der Waals surface area contributed by atoms with E-state index >= 15 is 0 Å². The summed E-state index contributed by atoms with van der Waals surface area (Å²) < 4.78 is 5.21. The molecule has 0 radical (unpaired) electrons. The molecule has 3 rings (SSSR count). The van der Waals surface area contributed by atoms with Crippen molar-refractivity contribution in [3.05, 3.63) is 22.8 Å². The monoisotopic (exact) mass is 344 g/mol. The number of carbonyl (C=O) groups is 3. The second-order valence-electron chi connectivity index (χ2n) is 8.37. The van der Waals surface area contributed by atoms with Crippen LogP contribution in [0, 0.1) is 22.7 Å². The molecular weight excluding hydrogens is 316 g/mol. The summed E-state index contributed by atoms with van der Waals surface area (Å²) in [5.41, 5.74) is 1.97. The molecule has 0 N–H and O–H groups in total. The molecule has 1 saturated carbocycles. The minimum Gasteiger partial charge on any atom is -0.468 e. The molecule has 4 heteroatoms. The Morgan fingerprint density at radius 3 is 2.64 bits per heavy atom. The third-order valence-electron chi connectivity index (χ3n) is 6.91. The molecule has 4 nitrogen and oxygen atoms in total. The molecule has 25 heavy (non-hydrogen) atoms. The molecular formula is C21H28O4. The van der Waals surface area contributed by atoms with Gasteiger partial charge < -0.3 is 4.74 Å². The lowest BCUT2D eigenvalue weighted by molar-refractivity contribution is -0.155. The summed E-state index contributed by atoms with van der Waals surface area (Å²) >= 11 is 0. The first-order valence-electron chi connectivity index (χ1n) is 9.29. The van der Waals surface area contributed by atoms with Gasteiger partial charge in [-0.15, -0.1) is 0 Å². The fourth-order valence-corrected chi connectivity index (χ4v) is 5.35. The highest BCUT2D eigenvalue weighted by atomic mass is 16.5. The van der Waals surface area contributed by atoms with Gasteiger partial charge in [-0.3, -0.25) is 14.4 Å². The molecule has 0 amide bonds. The van der Waals surface area contributed by atoms with E-state index < -0.39 is 10.8 Å². The molecule has 0 unspecified atom stereocenters. The molecule has 3 aliphatic rings. The van der Waals surface area contributed by atoms with Crippen molar-refractivity contribution in [1.82, 2.24) is 0 Å². The number of hydrogen-bond donors (Lipinski definition) is 0. The summed E-state index contributed by atoms with van der Waals surface area (Å²) in [5.74, 6) is 0.313. The van der Waals surface area contributed by atoms with Gasteiger partial charge in [0.15, 0.2) is 0 Å². The Labute approximate surface area is 149 Å². The second kappa shape index (κ2) is 6.22. The Balaban J connectivity index is 2.18. The lowest BCUT2D eigenvalue weighted by Crippen LogP contribution is -2.48. The SMILES string of the molecule is COC(=O)[C@@]12CCC(C(C)C)=C1[C@@H]1CC=C(C=O)CC(=O)[C@@]1(C)CC2. The highest BCUT2D eigenvalue weighted by Crippen LogP contribution is 2.62. The third-order valence-corrected chi connectivity index (χ3v) is 6.91. The van der Waals surface area contributed by atoms with E-state index in [1.54, 1.807) is 0 Å². The van der Waals surface area contributed by atoms with E-state index in [1.807, 2.05) is 13.0 Å².